The van der Waals surface area contributed by atoms with Gasteiger partial charge in [-0.3, -0.25) is 9.69 Å². The van der Waals surface area contributed by atoms with Gasteiger partial charge in [0.15, 0.2) is 0 Å². The first-order valence-corrected chi connectivity index (χ1v) is 7.68. The van der Waals surface area contributed by atoms with E-state index in [2.05, 4.69) is 0 Å². The van der Waals surface area contributed by atoms with Crippen molar-refractivity contribution < 1.29 is 22.4 Å². The van der Waals surface area contributed by atoms with Crippen LogP contribution >= 0.6 is 0 Å². The van der Waals surface area contributed by atoms with Gasteiger partial charge >= 0.3 is 6.18 Å². The molecule has 136 valence electrons. The lowest BCUT2D eigenvalue weighted by Crippen LogP contribution is -2.50. The molecule has 0 N–H and O–H groups in total. The van der Waals surface area contributed by atoms with Crippen LogP contribution in [0.3, 0.4) is 0 Å². The normalized spacial score (nSPS) is 15.8. The molecule has 0 saturated carbocycles. The molecule has 1 fully saturated rings. The second-order valence-corrected chi connectivity index (χ2v) is 5.87. The molecular weight excluding hydrogens is 340 g/mol. The average Bonchev–Trinajstić information content (AvgIpc) is 2.53. The molecule has 0 aliphatic carbocycles. The molecule has 1 amide bonds. The van der Waals surface area contributed by atoms with E-state index in [1.165, 1.54) is 12.1 Å². The fourth-order valence-electron chi connectivity index (χ4n) is 2.70. The van der Waals surface area contributed by atoms with Gasteiger partial charge in [-0.05, 0) is 12.1 Å². The number of carbonyl (C=O) groups is 1. The van der Waals surface area contributed by atoms with E-state index in [0.29, 0.717) is 36.8 Å². The van der Waals surface area contributed by atoms with Crippen molar-refractivity contribution in [1.29, 1.82) is 5.26 Å². The maximum absolute atomic E-state index is 13.7. The number of hydrogen-bond donors (Lipinski definition) is 0. The van der Waals surface area contributed by atoms with Gasteiger partial charge in [0.05, 0.1) is 12.2 Å². The Hall–Kier alpha value is -2.34. The third-order valence-corrected chi connectivity index (χ3v) is 4.02. The highest BCUT2D eigenvalue weighted by atomic mass is 19.4. The molecule has 0 radical (unpaired) electrons. The van der Waals surface area contributed by atoms with E-state index in [9.17, 15) is 22.4 Å². The number of piperazine rings is 1. The summed E-state index contributed by atoms with van der Waals surface area (Å²) in [6, 6.07) is 6.23. The van der Waals surface area contributed by atoms with Crippen LogP contribution in [-0.4, -0.2) is 68.2 Å². The fraction of sp³-hybridized carbons (Fsp3) is 0.500. The van der Waals surface area contributed by atoms with Crippen LogP contribution in [0.1, 0.15) is 5.56 Å². The number of carbonyl (C=O) groups excluding carboxylic acids is 1. The Kier molecular flexibility index (Phi) is 5.85. The Bertz CT molecular complexity index is 663. The Morgan fingerprint density at radius 1 is 1.28 bits per heavy atom. The highest BCUT2D eigenvalue weighted by molar-refractivity contribution is 5.78. The number of hydrogen-bond acceptors (Lipinski definition) is 4. The van der Waals surface area contributed by atoms with Crippen LogP contribution in [0.2, 0.25) is 0 Å². The highest BCUT2D eigenvalue weighted by Crippen LogP contribution is 2.23. The van der Waals surface area contributed by atoms with Crippen LogP contribution in [0.5, 0.6) is 0 Å². The van der Waals surface area contributed by atoms with E-state index in [-0.39, 0.29) is 12.1 Å². The molecule has 0 unspecified atom stereocenters. The molecule has 1 saturated heterocycles. The number of likely N-dealkylation sites (N-methyl/N-ethyl adjacent to an activating group) is 1. The summed E-state index contributed by atoms with van der Waals surface area (Å²) in [5, 5.41) is 9.09. The van der Waals surface area contributed by atoms with E-state index >= 15 is 0 Å². The zero-order chi connectivity index (χ0) is 18.6. The Labute approximate surface area is 143 Å². The minimum atomic E-state index is -4.42. The Morgan fingerprint density at radius 2 is 1.92 bits per heavy atom. The van der Waals surface area contributed by atoms with Gasteiger partial charge in [-0.25, -0.2) is 4.39 Å². The van der Waals surface area contributed by atoms with E-state index in [4.69, 9.17) is 5.26 Å². The average molecular weight is 358 g/mol. The predicted molar refractivity (Wildman–Crippen MR) is 83.5 cm³/mol. The van der Waals surface area contributed by atoms with Crippen LogP contribution in [0.25, 0.3) is 0 Å². The number of benzene rings is 1. The Balaban J connectivity index is 1.91. The van der Waals surface area contributed by atoms with Crippen molar-refractivity contribution in [2.24, 2.45) is 0 Å². The van der Waals surface area contributed by atoms with Gasteiger partial charge in [0.1, 0.15) is 24.0 Å². The first kappa shape index (κ1) is 19.0. The number of amides is 1. The third-order valence-electron chi connectivity index (χ3n) is 4.02. The molecule has 1 aliphatic rings. The molecule has 2 rings (SSSR count). The van der Waals surface area contributed by atoms with Crippen molar-refractivity contribution in [3.8, 4) is 6.07 Å². The highest BCUT2D eigenvalue weighted by Gasteiger charge is 2.32. The Morgan fingerprint density at radius 3 is 2.48 bits per heavy atom. The summed E-state index contributed by atoms with van der Waals surface area (Å²) in [4.78, 5) is 16.1. The van der Waals surface area contributed by atoms with Gasteiger partial charge in [0, 0.05) is 33.2 Å². The summed E-state index contributed by atoms with van der Waals surface area (Å²) in [7, 11) is 1.12. The second kappa shape index (κ2) is 7.70. The van der Waals surface area contributed by atoms with Crippen LogP contribution in [-0.2, 0) is 4.79 Å². The molecule has 0 bridgehead atoms. The quantitative estimate of drug-likeness (QED) is 0.771. The summed E-state index contributed by atoms with van der Waals surface area (Å²) < 4.78 is 50.6. The molecule has 0 atom stereocenters. The molecule has 0 spiro atoms. The third kappa shape index (κ3) is 5.06. The van der Waals surface area contributed by atoms with Crippen molar-refractivity contribution in [3.05, 3.63) is 29.6 Å². The molecule has 5 nitrogen and oxygen atoms in total. The number of nitrogens with zero attached hydrogens (tertiary/aromatic N) is 4. The minimum Gasteiger partial charge on any atom is -0.368 e. The van der Waals surface area contributed by atoms with E-state index < -0.39 is 24.4 Å². The smallest absolute Gasteiger partial charge is 0.368 e. The largest absolute Gasteiger partial charge is 0.406 e. The van der Waals surface area contributed by atoms with Gasteiger partial charge < -0.3 is 9.80 Å². The monoisotopic (exact) mass is 358 g/mol. The van der Waals surface area contributed by atoms with Gasteiger partial charge in [0.2, 0.25) is 5.91 Å². The summed E-state index contributed by atoms with van der Waals surface area (Å²) in [6.45, 7) is 0.401. The molecule has 0 aromatic heterocycles. The maximum atomic E-state index is 13.7. The number of halogens is 4. The van der Waals surface area contributed by atoms with E-state index in [0.717, 1.165) is 7.05 Å². The van der Waals surface area contributed by atoms with Gasteiger partial charge in [-0.15, -0.1) is 0 Å². The molecule has 1 aliphatic heterocycles. The minimum absolute atomic E-state index is 0.0306. The first-order chi connectivity index (χ1) is 11.7. The van der Waals surface area contributed by atoms with Crippen LogP contribution in [0.4, 0.5) is 23.2 Å². The molecule has 9 heteroatoms. The fourth-order valence-corrected chi connectivity index (χ4v) is 2.70. The standard InChI is InChI=1S/C16H18F4N4O/c1-22(11-16(18,19)20)15(25)10-23-5-7-24(8-6-23)14-4-2-3-13(17)12(14)9-21/h2-4H,5-8,10-11H2,1H3. The zero-order valence-corrected chi connectivity index (χ0v) is 13.7. The lowest BCUT2D eigenvalue weighted by atomic mass is 10.1. The maximum Gasteiger partial charge on any atom is 0.406 e. The summed E-state index contributed by atoms with van der Waals surface area (Å²) in [6.07, 6.45) is -4.42. The van der Waals surface area contributed by atoms with Crippen LogP contribution in [0, 0.1) is 17.1 Å². The second-order valence-electron chi connectivity index (χ2n) is 5.87. The molecule has 1 heterocycles. The molecule has 1 aromatic rings. The van der Waals surface area contributed by atoms with Crippen LogP contribution in [0.15, 0.2) is 18.2 Å². The summed E-state index contributed by atoms with van der Waals surface area (Å²) in [5.41, 5.74) is 0.458. The number of nitriles is 1. The van der Waals surface area contributed by atoms with Crippen molar-refractivity contribution in [3.63, 3.8) is 0 Å². The van der Waals surface area contributed by atoms with Gasteiger partial charge in [0.25, 0.3) is 0 Å². The van der Waals surface area contributed by atoms with E-state index in [1.807, 2.05) is 11.0 Å². The van der Waals surface area contributed by atoms with Crippen molar-refractivity contribution in [2.45, 2.75) is 6.18 Å². The van der Waals surface area contributed by atoms with Gasteiger partial charge in [-0.1, -0.05) is 6.07 Å². The zero-order valence-electron chi connectivity index (χ0n) is 13.7. The van der Waals surface area contributed by atoms with Crippen molar-refractivity contribution in [2.75, 3.05) is 51.2 Å². The summed E-state index contributed by atoms with van der Waals surface area (Å²) >= 11 is 0. The molecule has 25 heavy (non-hydrogen) atoms. The van der Waals surface area contributed by atoms with Gasteiger partial charge in [-0.2, -0.15) is 18.4 Å². The number of alkyl halides is 3. The summed E-state index contributed by atoms with van der Waals surface area (Å²) in [5.74, 6) is -1.19. The lowest BCUT2D eigenvalue weighted by molar-refractivity contribution is -0.159. The topological polar surface area (TPSA) is 50.6 Å². The lowest BCUT2D eigenvalue weighted by Gasteiger charge is -2.36. The number of rotatable bonds is 4. The van der Waals surface area contributed by atoms with E-state index in [1.54, 1.807) is 11.0 Å². The first-order valence-electron chi connectivity index (χ1n) is 7.68. The van der Waals surface area contributed by atoms with Crippen molar-refractivity contribution in [1.82, 2.24) is 9.80 Å². The number of anilines is 1. The SMILES string of the molecule is CN(CC(F)(F)F)C(=O)CN1CCN(c2cccc(F)c2C#N)CC1. The molecular formula is C16H18F4N4O. The molecule has 1 aromatic carbocycles. The van der Waals surface area contributed by atoms with Crippen molar-refractivity contribution >= 4 is 11.6 Å². The van der Waals surface area contributed by atoms with Crippen LogP contribution < -0.4 is 4.90 Å². The predicted octanol–water partition coefficient (Wildman–Crippen LogP) is 1.84.